The second-order valence-corrected chi connectivity index (χ2v) is 18.3. The molecule has 226 valence electrons. The second-order valence-electron chi connectivity index (χ2n) is 11.1. The summed E-state index contributed by atoms with van der Waals surface area (Å²) in [4.78, 5) is 12.3. The number of amides is 1. The van der Waals surface area contributed by atoms with E-state index in [0.29, 0.717) is 12.2 Å². The molecule has 5 aromatic rings. The number of fused-ring (bicyclic) bond motifs is 2. The lowest BCUT2D eigenvalue weighted by Gasteiger charge is -2.16. The molecule has 0 aliphatic rings. The first-order valence-electron chi connectivity index (χ1n) is 13.3. The molecule has 0 radical (unpaired) electrons. The number of furan rings is 1. The van der Waals surface area contributed by atoms with Gasteiger partial charge in [-0.15, -0.1) is 0 Å². The van der Waals surface area contributed by atoms with Gasteiger partial charge in [0.25, 0.3) is 15.9 Å². The Morgan fingerprint density at radius 3 is 2.51 bits per heavy atom. The fourth-order valence-electron chi connectivity index (χ4n) is 4.61. The highest BCUT2D eigenvalue weighted by Crippen LogP contribution is 2.37. The molecule has 0 atom stereocenters. The van der Waals surface area contributed by atoms with Gasteiger partial charge < -0.3 is 14.5 Å². The van der Waals surface area contributed by atoms with Crippen LogP contribution in [0, 0.1) is 17.5 Å². The Morgan fingerprint density at radius 1 is 1.02 bits per heavy atom. The van der Waals surface area contributed by atoms with Crippen LogP contribution in [0.25, 0.3) is 33.0 Å². The first kappa shape index (κ1) is 30.3. The number of hydrogen-bond acceptors (Lipinski definition) is 6. The SMILES string of the molecule is CNC(=O)c1nn(COCC[Si](C)(C)C)c2c(F)c(-c3c(F)ccc(NS(=O)(=O)c4cccc5occc45)c3F)ccc12. The quantitative estimate of drug-likeness (QED) is 0.138. The van der Waals surface area contributed by atoms with Gasteiger partial charge in [-0.25, -0.2) is 26.3 Å². The molecule has 2 aromatic heterocycles. The van der Waals surface area contributed by atoms with Crippen molar-refractivity contribution in [3.63, 3.8) is 0 Å². The van der Waals surface area contributed by atoms with E-state index >= 15 is 13.2 Å². The van der Waals surface area contributed by atoms with E-state index in [0.717, 1.165) is 28.9 Å². The predicted molar refractivity (Wildman–Crippen MR) is 160 cm³/mol. The molecule has 0 unspecified atom stereocenters. The standard InChI is InChI=1S/C29H29F3N4O5SSi/c1-33-29(37)27-19-9-8-18(25(31)28(19)36(34-27)16-40-14-15-43(2,3)4)24-20(30)10-11-21(26(24)32)35-42(38,39)23-7-5-6-22-17(23)12-13-41-22/h5-13,35H,14-16H2,1-4H3,(H,33,37). The molecule has 0 bridgehead atoms. The van der Waals surface area contributed by atoms with Crippen molar-refractivity contribution in [1.82, 2.24) is 15.1 Å². The number of anilines is 1. The molecule has 14 heteroatoms. The summed E-state index contributed by atoms with van der Waals surface area (Å²) in [5.41, 5.74) is -1.86. The van der Waals surface area contributed by atoms with Crippen LogP contribution in [0.1, 0.15) is 10.5 Å². The molecular formula is C29H29F3N4O5SSi. The molecule has 0 aliphatic carbocycles. The maximum Gasteiger partial charge on any atom is 0.272 e. The molecule has 0 saturated heterocycles. The monoisotopic (exact) mass is 630 g/mol. The molecule has 3 aromatic carbocycles. The smallest absolute Gasteiger partial charge is 0.272 e. The third-order valence-electron chi connectivity index (χ3n) is 6.85. The van der Waals surface area contributed by atoms with Gasteiger partial charge >= 0.3 is 0 Å². The molecule has 0 saturated carbocycles. The largest absolute Gasteiger partial charge is 0.464 e. The molecule has 2 N–H and O–H groups in total. The number of sulfonamides is 1. The number of carbonyl (C=O) groups is 1. The van der Waals surface area contributed by atoms with E-state index < -0.39 is 58.3 Å². The van der Waals surface area contributed by atoms with Crippen molar-refractivity contribution in [2.24, 2.45) is 0 Å². The molecule has 0 fully saturated rings. The minimum atomic E-state index is -4.37. The fourth-order valence-corrected chi connectivity index (χ4v) is 6.64. The number of ether oxygens (including phenoxy) is 1. The maximum absolute atomic E-state index is 16.2. The van der Waals surface area contributed by atoms with E-state index in [1.165, 1.54) is 37.6 Å². The number of hydrogen-bond donors (Lipinski definition) is 2. The molecule has 5 rings (SSSR count). The summed E-state index contributed by atoms with van der Waals surface area (Å²) in [6.07, 6.45) is 1.32. The van der Waals surface area contributed by atoms with Gasteiger partial charge in [0.2, 0.25) is 0 Å². The number of rotatable bonds is 10. The Balaban J connectivity index is 1.58. The number of nitrogens with one attached hydrogen (secondary N) is 2. The highest BCUT2D eigenvalue weighted by molar-refractivity contribution is 7.93. The van der Waals surface area contributed by atoms with E-state index in [1.807, 2.05) is 0 Å². The predicted octanol–water partition coefficient (Wildman–Crippen LogP) is 6.34. The number of aromatic nitrogens is 2. The molecule has 9 nitrogen and oxygen atoms in total. The third-order valence-corrected chi connectivity index (χ3v) is 9.98. The van der Waals surface area contributed by atoms with Crippen LogP contribution in [-0.4, -0.2) is 45.8 Å². The summed E-state index contributed by atoms with van der Waals surface area (Å²) in [7, 11) is -4.40. The zero-order valence-electron chi connectivity index (χ0n) is 23.8. The Bertz CT molecular complexity index is 1970. The van der Waals surface area contributed by atoms with Gasteiger partial charge in [0.15, 0.2) is 17.3 Å². The summed E-state index contributed by atoms with van der Waals surface area (Å²) in [5, 5.41) is 7.04. The Labute approximate surface area is 246 Å². The van der Waals surface area contributed by atoms with Crippen LogP contribution in [0.2, 0.25) is 25.7 Å². The van der Waals surface area contributed by atoms with Gasteiger partial charge in [-0.05, 0) is 42.4 Å². The van der Waals surface area contributed by atoms with Crippen LogP contribution in [0.15, 0.2) is 64.1 Å². The van der Waals surface area contributed by atoms with Gasteiger partial charge in [-0.1, -0.05) is 31.8 Å². The van der Waals surface area contributed by atoms with E-state index in [1.54, 1.807) is 6.07 Å². The van der Waals surface area contributed by atoms with Gasteiger partial charge in [0.05, 0.1) is 22.4 Å². The first-order valence-corrected chi connectivity index (χ1v) is 18.5. The number of halogens is 3. The van der Waals surface area contributed by atoms with Crippen molar-refractivity contribution in [2.45, 2.75) is 37.3 Å². The first-order chi connectivity index (χ1) is 20.3. The normalized spacial score (nSPS) is 12.3. The lowest BCUT2D eigenvalue weighted by Crippen LogP contribution is -2.22. The van der Waals surface area contributed by atoms with E-state index in [-0.39, 0.29) is 33.6 Å². The van der Waals surface area contributed by atoms with Gasteiger partial charge in [0, 0.05) is 38.1 Å². The molecule has 0 spiro atoms. The number of nitrogens with zero attached hydrogens (tertiary/aromatic N) is 2. The minimum absolute atomic E-state index is 0.0902. The van der Waals surface area contributed by atoms with Crippen LogP contribution in [0.3, 0.4) is 0 Å². The Kier molecular flexibility index (Phi) is 8.11. The average molecular weight is 631 g/mol. The zero-order chi connectivity index (χ0) is 31.1. The second kappa shape index (κ2) is 11.5. The van der Waals surface area contributed by atoms with Gasteiger partial charge in [-0.3, -0.25) is 9.52 Å². The molecule has 1 amide bonds. The summed E-state index contributed by atoms with van der Waals surface area (Å²) in [5.74, 6) is -4.10. The van der Waals surface area contributed by atoms with E-state index in [4.69, 9.17) is 9.15 Å². The van der Waals surface area contributed by atoms with Gasteiger partial charge in [0.1, 0.15) is 23.6 Å². The molecule has 2 heterocycles. The minimum Gasteiger partial charge on any atom is -0.464 e. The van der Waals surface area contributed by atoms with Crippen LogP contribution in [0.5, 0.6) is 0 Å². The van der Waals surface area contributed by atoms with Crippen molar-refractivity contribution >= 4 is 51.6 Å². The van der Waals surface area contributed by atoms with Gasteiger partial charge in [-0.2, -0.15) is 5.10 Å². The summed E-state index contributed by atoms with van der Waals surface area (Å²) < 4.78 is 87.9. The molecular weight excluding hydrogens is 601 g/mol. The fraction of sp³-hybridized carbons (Fsp3) is 0.241. The van der Waals surface area contributed by atoms with Crippen molar-refractivity contribution in [2.75, 3.05) is 18.4 Å². The molecule has 0 aliphatic heterocycles. The number of carbonyl (C=O) groups excluding carboxylic acids is 1. The van der Waals surface area contributed by atoms with Crippen LogP contribution < -0.4 is 10.0 Å². The summed E-state index contributed by atoms with van der Waals surface area (Å²) in [6.45, 7) is 6.69. The Morgan fingerprint density at radius 2 is 1.79 bits per heavy atom. The average Bonchev–Trinajstić information content (AvgIpc) is 3.58. The topological polar surface area (TPSA) is 115 Å². The summed E-state index contributed by atoms with van der Waals surface area (Å²) in [6, 6.07) is 10.8. The molecule has 43 heavy (non-hydrogen) atoms. The summed E-state index contributed by atoms with van der Waals surface area (Å²) >= 11 is 0. The maximum atomic E-state index is 16.2. The lowest BCUT2D eigenvalue weighted by molar-refractivity contribution is 0.0802. The van der Waals surface area contributed by atoms with Crippen molar-refractivity contribution in [1.29, 1.82) is 0 Å². The van der Waals surface area contributed by atoms with Crippen molar-refractivity contribution < 1.29 is 35.5 Å². The van der Waals surface area contributed by atoms with Crippen LogP contribution >= 0.6 is 0 Å². The Hall–Kier alpha value is -4.14. The van der Waals surface area contributed by atoms with Crippen molar-refractivity contribution in [3.8, 4) is 11.1 Å². The number of benzene rings is 3. The highest BCUT2D eigenvalue weighted by Gasteiger charge is 2.27. The van der Waals surface area contributed by atoms with E-state index in [2.05, 4.69) is 34.8 Å². The highest BCUT2D eigenvalue weighted by atomic mass is 32.2. The van der Waals surface area contributed by atoms with E-state index in [9.17, 15) is 13.2 Å². The lowest BCUT2D eigenvalue weighted by atomic mass is 10.0. The van der Waals surface area contributed by atoms with Crippen LogP contribution in [-0.2, 0) is 21.5 Å². The van der Waals surface area contributed by atoms with Crippen LogP contribution in [0.4, 0.5) is 18.9 Å². The van der Waals surface area contributed by atoms with Crippen molar-refractivity contribution in [3.05, 3.63) is 77.9 Å². The zero-order valence-corrected chi connectivity index (χ0v) is 25.6. The third kappa shape index (κ3) is 5.90.